The van der Waals surface area contributed by atoms with Gasteiger partial charge in [-0.1, -0.05) is 12.1 Å². The van der Waals surface area contributed by atoms with Crippen molar-refractivity contribution < 1.29 is 18.7 Å². The summed E-state index contributed by atoms with van der Waals surface area (Å²) in [7, 11) is 1.63. The van der Waals surface area contributed by atoms with E-state index in [1.807, 2.05) is 56.3 Å². The number of aryl methyl sites for hydroxylation is 1. The van der Waals surface area contributed by atoms with E-state index in [-0.39, 0.29) is 24.0 Å². The zero-order valence-corrected chi connectivity index (χ0v) is 16.8. The molecule has 1 aliphatic heterocycles. The van der Waals surface area contributed by atoms with Gasteiger partial charge in [-0.3, -0.25) is 4.79 Å². The van der Waals surface area contributed by atoms with Crippen LogP contribution in [0.4, 0.5) is 0 Å². The van der Waals surface area contributed by atoms with Crippen LogP contribution >= 0.6 is 0 Å². The van der Waals surface area contributed by atoms with Crippen molar-refractivity contribution in [3.05, 3.63) is 65.9 Å². The highest BCUT2D eigenvalue weighted by molar-refractivity contribution is 5.80. The van der Waals surface area contributed by atoms with E-state index < -0.39 is 0 Å². The topological polar surface area (TPSA) is 78.5 Å². The third-order valence-corrected chi connectivity index (χ3v) is 5.25. The summed E-state index contributed by atoms with van der Waals surface area (Å²) in [4.78, 5) is 13.0. The van der Waals surface area contributed by atoms with Crippen LogP contribution in [0, 0.1) is 12.8 Å². The molecule has 2 aromatic heterocycles. The van der Waals surface area contributed by atoms with Crippen LogP contribution in [0.1, 0.15) is 42.7 Å². The summed E-state index contributed by atoms with van der Waals surface area (Å²) in [6.07, 6.45) is 1.98. The lowest BCUT2D eigenvalue weighted by atomic mass is 9.97. The van der Waals surface area contributed by atoms with Crippen molar-refractivity contribution >= 4 is 5.91 Å². The number of carbonyl (C=O) groups is 1. The number of furan rings is 1. The van der Waals surface area contributed by atoms with Gasteiger partial charge in [-0.05, 0) is 50.6 Å². The van der Waals surface area contributed by atoms with Gasteiger partial charge in [0.25, 0.3) is 0 Å². The Hall–Kier alpha value is -3.06. The molecule has 0 unspecified atom stereocenters. The molecule has 7 heteroatoms. The molecule has 0 saturated carbocycles. The zero-order chi connectivity index (χ0) is 20.4. The van der Waals surface area contributed by atoms with Gasteiger partial charge < -0.3 is 19.2 Å². The molecular formula is C22H25N3O4. The number of carbonyl (C=O) groups excluding carboxylic acids is 1. The lowest BCUT2D eigenvalue weighted by molar-refractivity contribution is -0.127. The molecule has 1 aromatic carbocycles. The molecule has 29 heavy (non-hydrogen) atoms. The Labute approximate surface area is 169 Å². The van der Waals surface area contributed by atoms with E-state index in [0.717, 1.165) is 22.9 Å². The van der Waals surface area contributed by atoms with Gasteiger partial charge in [0.1, 0.15) is 29.1 Å². The number of methoxy groups -OCH3 is 1. The normalized spacial score (nSPS) is 19.8. The molecule has 0 bridgehead atoms. The molecule has 0 aliphatic carbocycles. The summed E-state index contributed by atoms with van der Waals surface area (Å²) >= 11 is 0. The summed E-state index contributed by atoms with van der Waals surface area (Å²) in [5.41, 5.74) is 1.64. The van der Waals surface area contributed by atoms with E-state index >= 15 is 0 Å². The molecule has 7 nitrogen and oxygen atoms in total. The van der Waals surface area contributed by atoms with E-state index in [1.54, 1.807) is 18.0 Å². The maximum absolute atomic E-state index is 13.0. The third-order valence-electron chi connectivity index (χ3n) is 5.25. The number of aromatic nitrogens is 2. The second kappa shape index (κ2) is 8.13. The number of benzene rings is 1. The van der Waals surface area contributed by atoms with Crippen LogP contribution in [0.15, 0.2) is 53.1 Å². The quantitative estimate of drug-likeness (QED) is 0.688. The molecule has 0 spiro atoms. The monoisotopic (exact) mass is 395 g/mol. The van der Waals surface area contributed by atoms with Crippen LogP contribution in [0.2, 0.25) is 0 Å². The molecule has 1 saturated heterocycles. The van der Waals surface area contributed by atoms with Crippen LogP contribution in [-0.2, 0) is 9.53 Å². The number of hydrogen-bond donors (Lipinski definition) is 1. The predicted octanol–water partition coefficient (Wildman–Crippen LogP) is 3.74. The lowest BCUT2D eigenvalue weighted by Crippen LogP contribution is -2.34. The smallest absolute Gasteiger partial charge is 0.226 e. The zero-order valence-electron chi connectivity index (χ0n) is 16.8. The van der Waals surface area contributed by atoms with E-state index in [9.17, 15) is 4.79 Å². The van der Waals surface area contributed by atoms with Crippen molar-refractivity contribution in [3.8, 4) is 11.4 Å². The summed E-state index contributed by atoms with van der Waals surface area (Å²) in [5, 5.41) is 7.51. The van der Waals surface area contributed by atoms with Crippen LogP contribution in [0.5, 0.6) is 5.75 Å². The Balaban J connectivity index is 1.56. The van der Waals surface area contributed by atoms with Crippen LogP contribution < -0.4 is 10.1 Å². The molecule has 3 heterocycles. The van der Waals surface area contributed by atoms with Crippen molar-refractivity contribution in [3.63, 3.8) is 0 Å². The van der Waals surface area contributed by atoms with Crippen molar-refractivity contribution in [2.75, 3.05) is 13.7 Å². The molecule has 3 aromatic rings. The number of rotatable bonds is 6. The van der Waals surface area contributed by atoms with Gasteiger partial charge in [0, 0.05) is 12.8 Å². The first kappa shape index (κ1) is 19.3. The first-order valence-electron chi connectivity index (χ1n) is 9.74. The third kappa shape index (κ3) is 3.78. The van der Waals surface area contributed by atoms with Gasteiger partial charge in [0.2, 0.25) is 5.91 Å². The Bertz CT molecular complexity index is 993. The molecule has 1 aliphatic rings. The first-order valence-corrected chi connectivity index (χ1v) is 9.74. The van der Waals surface area contributed by atoms with Crippen molar-refractivity contribution in [2.45, 2.75) is 32.4 Å². The summed E-state index contributed by atoms with van der Waals surface area (Å²) < 4.78 is 18.9. The number of nitrogens with zero attached hydrogens (tertiary/aromatic N) is 2. The summed E-state index contributed by atoms with van der Waals surface area (Å²) in [5.74, 6) is 1.91. The van der Waals surface area contributed by atoms with Crippen LogP contribution in [0.3, 0.4) is 0 Å². The van der Waals surface area contributed by atoms with Gasteiger partial charge in [-0.2, -0.15) is 5.10 Å². The number of amides is 1. The standard InChI is InChI=1S/C22H25N3O4/c1-14-8-9-19(29-14)15(2)24-22(26)16-11-13-28-21(16)18-10-12-23-25(18)17-6-4-5-7-20(17)27-3/h4-10,12,15-16,21H,11,13H2,1-3H3,(H,24,26)/t15-,16-,21-/m0/s1. The summed E-state index contributed by atoms with van der Waals surface area (Å²) in [6.45, 7) is 4.33. The number of para-hydroxylation sites is 2. The maximum atomic E-state index is 13.0. The van der Waals surface area contributed by atoms with Gasteiger partial charge in [-0.25, -0.2) is 4.68 Å². The molecule has 1 fully saturated rings. The minimum absolute atomic E-state index is 0.0539. The molecular weight excluding hydrogens is 370 g/mol. The Kier molecular flexibility index (Phi) is 5.40. The molecule has 3 atom stereocenters. The average Bonchev–Trinajstić information content (AvgIpc) is 3.47. The highest BCUT2D eigenvalue weighted by Crippen LogP contribution is 2.37. The minimum atomic E-state index is -0.382. The van der Waals surface area contributed by atoms with E-state index in [4.69, 9.17) is 13.9 Å². The van der Waals surface area contributed by atoms with Crippen molar-refractivity contribution in [1.82, 2.24) is 15.1 Å². The Morgan fingerprint density at radius 2 is 2.10 bits per heavy atom. The highest BCUT2D eigenvalue weighted by Gasteiger charge is 2.38. The Morgan fingerprint density at radius 1 is 1.28 bits per heavy atom. The minimum Gasteiger partial charge on any atom is -0.494 e. The van der Waals surface area contributed by atoms with Crippen molar-refractivity contribution in [1.29, 1.82) is 0 Å². The van der Waals surface area contributed by atoms with E-state index in [0.29, 0.717) is 18.8 Å². The second-order valence-electron chi connectivity index (χ2n) is 7.20. The lowest BCUT2D eigenvalue weighted by Gasteiger charge is -2.21. The van der Waals surface area contributed by atoms with E-state index in [2.05, 4.69) is 10.4 Å². The maximum Gasteiger partial charge on any atom is 0.226 e. The second-order valence-corrected chi connectivity index (χ2v) is 7.20. The molecule has 4 rings (SSSR count). The fourth-order valence-electron chi connectivity index (χ4n) is 3.76. The van der Waals surface area contributed by atoms with Crippen molar-refractivity contribution in [2.24, 2.45) is 5.92 Å². The van der Waals surface area contributed by atoms with Crippen LogP contribution in [0.25, 0.3) is 5.69 Å². The van der Waals surface area contributed by atoms with Gasteiger partial charge in [0.15, 0.2) is 0 Å². The predicted molar refractivity (Wildman–Crippen MR) is 107 cm³/mol. The first-order chi connectivity index (χ1) is 14.1. The average molecular weight is 395 g/mol. The molecule has 0 radical (unpaired) electrons. The van der Waals surface area contributed by atoms with Crippen LogP contribution in [-0.4, -0.2) is 29.4 Å². The number of ether oxygens (including phenoxy) is 2. The molecule has 1 N–H and O–H groups in total. The highest BCUT2D eigenvalue weighted by atomic mass is 16.5. The molecule has 1 amide bonds. The number of nitrogens with one attached hydrogen (secondary N) is 1. The number of hydrogen-bond acceptors (Lipinski definition) is 5. The van der Waals surface area contributed by atoms with Gasteiger partial charge in [-0.15, -0.1) is 0 Å². The summed E-state index contributed by atoms with van der Waals surface area (Å²) in [6, 6.07) is 13.1. The SMILES string of the molecule is COc1ccccc1-n1nccc1[C@H]1OCC[C@@H]1C(=O)N[C@@H](C)c1ccc(C)o1. The van der Waals surface area contributed by atoms with Gasteiger partial charge in [0.05, 0.1) is 24.8 Å². The molecule has 152 valence electrons. The fourth-order valence-corrected chi connectivity index (χ4v) is 3.76. The van der Waals surface area contributed by atoms with E-state index in [1.165, 1.54) is 0 Å². The van der Waals surface area contributed by atoms with Gasteiger partial charge >= 0.3 is 0 Å². The fraction of sp³-hybridized carbons (Fsp3) is 0.364. The Morgan fingerprint density at radius 3 is 2.86 bits per heavy atom. The largest absolute Gasteiger partial charge is 0.494 e.